The van der Waals surface area contributed by atoms with Crippen molar-refractivity contribution in [1.29, 1.82) is 0 Å². The van der Waals surface area contributed by atoms with E-state index in [4.69, 9.17) is 20.4 Å². The monoisotopic (exact) mass is 380 g/mol. The van der Waals surface area contributed by atoms with Crippen molar-refractivity contribution in [2.75, 3.05) is 32.7 Å². The van der Waals surface area contributed by atoms with Crippen LogP contribution in [0.15, 0.2) is 0 Å². The predicted octanol–water partition coefficient (Wildman–Crippen LogP) is -2.21. The van der Waals surface area contributed by atoms with Gasteiger partial charge in [-0.3, -0.25) is 14.4 Å². The molecule has 0 spiro atoms. The number of carboxylic acid groups (broad SMARTS) is 4. The first-order valence-corrected chi connectivity index (χ1v) is 6.98. The Morgan fingerprint density at radius 2 is 1.09 bits per heavy atom. The van der Waals surface area contributed by atoms with Gasteiger partial charge in [0.15, 0.2) is 0 Å². The molecule has 0 aliphatic carbocycles. The molecule has 0 saturated carbocycles. The number of aliphatic carboxylic acids is 4. The Morgan fingerprint density at radius 1 is 0.783 bits per heavy atom. The molecule has 0 fully saturated rings. The van der Waals surface area contributed by atoms with E-state index in [1.165, 1.54) is 0 Å². The van der Waals surface area contributed by atoms with Crippen molar-refractivity contribution in [3.8, 4) is 0 Å². The SMILES string of the molecule is NCC(=O)O.O=C(O)CNCCCNCC(=O)O.O=C(O)[CH2][Fe]. The number of hydrogen-bond donors (Lipinski definition) is 7. The van der Waals surface area contributed by atoms with Crippen LogP contribution in [0.25, 0.3) is 0 Å². The van der Waals surface area contributed by atoms with Crippen LogP contribution in [-0.4, -0.2) is 77.0 Å². The van der Waals surface area contributed by atoms with E-state index in [9.17, 15) is 19.2 Å². The number of rotatable bonds is 10. The number of carbonyl (C=O) groups is 4. The van der Waals surface area contributed by atoms with Gasteiger partial charge in [-0.2, -0.15) is 0 Å². The average Bonchev–Trinajstić information content (AvgIpc) is 2.46. The van der Waals surface area contributed by atoms with E-state index in [0.29, 0.717) is 19.5 Å². The third kappa shape index (κ3) is 44.9. The molecule has 0 radical (unpaired) electrons. The normalized spacial score (nSPS) is 8.78. The topological polar surface area (TPSA) is 199 Å². The zero-order valence-corrected chi connectivity index (χ0v) is 13.4. The van der Waals surface area contributed by atoms with Gasteiger partial charge in [0.1, 0.15) is 0 Å². The van der Waals surface area contributed by atoms with Gasteiger partial charge in [0.25, 0.3) is 0 Å². The minimum absolute atomic E-state index is 0.0278. The van der Waals surface area contributed by atoms with Crippen molar-refractivity contribution in [1.82, 2.24) is 10.6 Å². The molecule has 0 aliphatic heterocycles. The Hall–Kier alpha value is -1.72. The molecular formula is C11H22FeN3O8. The standard InChI is InChI=1S/C7H14N2O4.C2H5NO2.C2H3O2.Fe/c10-6(11)4-8-2-1-3-9-5-7(12)13;3-1-2(4)5;1-2(3)4;/h8-9H,1-5H2,(H,10,11)(H,12,13);1,3H2,(H,4,5);1H2,(H,3,4);. The third-order valence-electron chi connectivity index (χ3n) is 1.54. The second kappa shape index (κ2) is 20.3. The van der Waals surface area contributed by atoms with Crippen LogP contribution in [0.1, 0.15) is 6.42 Å². The summed E-state index contributed by atoms with van der Waals surface area (Å²) >= 11 is 3.09. The number of nitrogens with one attached hydrogen (secondary N) is 2. The molecule has 0 heterocycles. The number of nitrogens with two attached hydrogens (primary N) is 1. The second-order valence-electron chi connectivity index (χ2n) is 3.61. The summed E-state index contributed by atoms with van der Waals surface area (Å²) < 4.78 is 0. The van der Waals surface area contributed by atoms with Crippen molar-refractivity contribution in [2.24, 2.45) is 5.73 Å². The summed E-state index contributed by atoms with van der Waals surface area (Å²) in [6.45, 7) is 0.746. The van der Waals surface area contributed by atoms with Crippen LogP contribution in [0, 0.1) is 0 Å². The van der Waals surface area contributed by atoms with Gasteiger partial charge in [-0.15, -0.1) is 0 Å². The zero-order chi connectivity index (χ0) is 18.7. The molecule has 0 aliphatic rings. The Morgan fingerprint density at radius 3 is 1.26 bits per heavy atom. The molecule has 0 atom stereocenters. The second-order valence-corrected chi connectivity index (χ2v) is 4.00. The van der Waals surface area contributed by atoms with E-state index < -0.39 is 23.9 Å². The van der Waals surface area contributed by atoms with Gasteiger partial charge >= 0.3 is 55.1 Å². The summed E-state index contributed by atoms with van der Waals surface area (Å²) in [6.07, 6.45) is 0.709. The van der Waals surface area contributed by atoms with E-state index in [-0.39, 0.29) is 25.0 Å². The molecule has 11 nitrogen and oxygen atoms in total. The van der Waals surface area contributed by atoms with Crippen LogP contribution >= 0.6 is 0 Å². The quantitative estimate of drug-likeness (QED) is 0.160. The summed E-state index contributed by atoms with van der Waals surface area (Å²) in [5, 5.41) is 37.1. The van der Waals surface area contributed by atoms with Gasteiger partial charge in [0, 0.05) is 0 Å². The van der Waals surface area contributed by atoms with Crippen LogP contribution in [0.2, 0.25) is 5.32 Å². The summed E-state index contributed by atoms with van der Waals surface area (Å²) in [6, 6.07) is 0. The van der Waals surface area contributed by atoms with Crippen molar-refractivity contribution in [2.45, 2.75) is 11.7 Å². The Labute approximate surface area is 141 Å². The molecule has 8 N–H and O–H groups in total. The fraction of sp³-hybridized carbons (Fsp3) is 0.636. The van der Waals surface area contributed by atoms with Gasteiger partial charge in [-0.05, 0) is 19.5 Å². The summed E-state index contributed by atoms with van der Waals surface area (Å²) in [5.41, 5.74) is 4.57. The van der Waals surface area contributed by atoms with E-state index in [1.54, 1.807) is 0 Å². The van der Waals surface area contributed by atoms with Gasteiger partial charge in [-0.25, -0.2) is 0 Å². The summed E-state index contributed by atoms with van der Waals surface area (Å²) in [5.74, 6) is -3.60. The summed E-state index contributed by atoms with van der Waals surface area (Å²) in [4.78, 5) is 38.6. The third-order valence-corrected chi connectivity index (χ3v) is 1.88. The molecule has 0 rings (SSSR count). The van der Waals surface area contributed by atoms with Gasteiger partial charge < -0.3 is 31.7 Å². The van der Waals surface area contributed by atoms with Crippen molar-refractivity contribution >= 4 is 23.9 Å². The van der Waals surface area contributed by atoms with Crippen LogP contribution in [-0.2, 0) is 35.2 Å². The van der Waals surface area contributed by atoms with Crippen molar-refractivity contribution in [3.05, 3.63) is 0 Å². The van der Waals surface area contributed by atoms with Crippen LogP contribution < -0.4 is 16.4 Å². The first-order chi connectivity index (χ1) is 10.7. The van der Waals surface area contributed by atoms with Crippen LogP contribution in [0.3, 0.4) is 0 Å². The minimum atomic E-state index is -0.968. The number of carboxylic acids is 4. The van der Waals surface area contributed by atoms with E-state index in [0.717, 1.165) is 0 Å². The Bertz CT molecular complexity index is 322. The molecule has 137 valence electrons. The molecule has 0 unspecified atom stereocenters. The van der Waals surface area contributed by atoms with Crippen LogP contribution in [0.4, 0.5) is 0 Å². The van der Waals surface area contributed by atoms with E-state index in [2.05, 4.69) is 32.4 Å². The van der Waals surface area contributed by atoms with Crippen molar-refractivity contribution in [3.63, 3.8) is 0 Å². The Balaban J connectivity index is -0.000000329. The first-order valence-electron chi connectivity index (χ1n) is 6.20. The average molecular weight is 380 g/mol. The molecule has 0 aromatic heterocycles. The zero-order valence-electron chi connectivity index (χ0n) is 12.3. The van der Waals surface area contributed by atoms with Crippen molar-refractivity contribution < 1.29 is 55.6 Å². The number of hydrogen-bond acceptors (Lipinski definition) is 7. The maximum atomic E-state index is 10.0. The molecular weight excluding hydrogens is 358 g/mol. The molecule has 12 heteroatoms. The molecule has 0 aromatic rings. The van der Waals surface area contributed by atoms with E-state index in [1.807, 2.05) is 0 Å². The molecule has 0 saturated heterocycles. The summed E-state index contributed by atoms with van der Waals surface area (Å²) in [7, 11) is 0. The molecule has 0 bridgehead atoms. The Kier molecular flexibility index (Phi) is 23.1. The van der Waals surface area contributed by atoms with E-state index >= 15 is 0 Å². The molecule has 23 heavy (non-hydrogen) atoms. The predicted molar refractivity (Wildman–Crippen MR) is 74.8 cm³/mol. The fourth-order valence-electron chi connectivity index (χ4n) is 0.729. The van der Waals surface area contributed by atoms with Gasteiger partial charge in [-0.1, -0.05) is 0 Å². The molecule has 0 amide bonds. The molecule has 0 aromatic carbocycles. The van der Waals surface area contributed by atoms with Gasteiger partial charge in [0.05, 0.1) is 19.6 Å². The maximum absolute atomic E-state index is 10.0. The van der Waals surface area contributed by atoms with Crippen LogP contribution in [0.5, 0.6) is 0 Å². The van der Waals surface area contributed by atoms with Gasteiger partial charge in [0.2, 0.25) is 0 Å². The first kappa shape index (κ1) is 26.2. The fourth-order valence-corrected chi connectivity index (χ4v) is 0.729.